The SMILES string of the molecule is Cc1nnc(NC(=O)c2ccccc2N(C)C)s1. The molecule has 0 atom stereocenters. The highest BCUT2D eigenvalue weighted by atomic mass is 32.1. The summed E-state index contributed by atoms with van der Waals surface area (Å²) in [7, 11) is 3.81. The summed E-state index contributed by atoms with van der Waals surface area (Å²) in [5.74, 6) is -0.171. The minimum atomic E-state index is -0.171. The standard InChI is InChI=1S/C12H14N4OS/c1-8-14-15-12(18-8)13-11(17)9-6-4-5-7-10(9)16(2)3/h4-7H,1-3H3,(H,13,15,17). The van der Waals surface area contributed by atoms with Crippen molar-refractivity contribution in [3.05, 3.63) is 34.8 Å². The van der Waals surface area contributed by atoms with Crippen molar-refractivity contribution < 1.29 is 4.79 Å². The van der Waals surface area contributed by atoms with Crippen LogP contribution in [0, 0.1) is 6.92 Å². The quantitative estimate of drug-likeness (QED) is 0.921. The van der Waals surface area contributed by atoms with E-state index < -0.39 is 0 Å². The third-order valence-electron chi connectivity index (χ3n) is 2.38. The van der Waals surface area contributed by atoms with Gasteiger partial charge >= 0.3 is 0 Å². The number of carbonyl (C=O) groups excluding carboxylic acids is 1. The molecule has 6 heteroatoms. The van der Waals surface area contributed by atoms with Crippen molar-refractivity contribution in [3.63, 3.8) is 0 Å². The first-order valence-electron chi connectivity index (χ1n) is 5.45. The van der Waals surface area contributed by atoms with Gasteiger partial charge in [0.2, 0.25) is 5.13 Å². The van der Waals surface area contributed by atoms with Gasteiger partial charge in [0.05, 0.1) is 5.56 Å². The van der Waals surface area contributed by atoms with Crippen LogP contribution in [0.25, 0.3) is 0 Å². The van der Waals surface area contributed by atoms with Crippen molar-refractivity contribution >= 4 is 28.1 Å². The fourth-order valence-electron chi connectivity index (χ4n) is 1.57. The fourth-order valence-corrected chi connectivity index (χ4v) is 2.15. The molecule has 0 radical (unpaired) electrons. The van der Waals surface area contributed by atoms with Crippen LogP contribution in [0.2, 0.25) is 0 Å². The summed E-state index contributed by atoms with van der Waals surface area (Å²) < 4.78 is 0. The first kappa shape index (κ1) is 12.5. The van der Waals surface area contributed by atoms with Crippen molar-refractivity contribution in [2.45, 2.75) is 6.92 Å². The Morgan fingerprint density at radius 2 is 2.00 bits per heavy atom. The fraction of sp³-hybridized carbons (Fsp3) is 0.250. The molecule has 5 nitrogen and oxygen atoms in total. The van der Waals surface area contributed by atoms with Crippen molar-refractivity contribution in [3.8, 4) is 0 Å². The Kier molecular flexibility index (Phi) is 3.57. The van der Waals surface area contributed by atoms with Gasteiger partial charge in [-0.1, -0.05) is 23.5 Å². The molecule has 0 unspecified atom stereocenters. The van der Waals surface area contributed by atoms with Crippen molar-refractivity contribution in [1.29, 1.82) is 0 Å². The van der Waals surface area contributed by atoms with Crippen LogP contribution in [0.5, 0.6) is 0 Å². The molecular formula is C12H14N4OS. The summed E-state index contributed by atoms with van der Waals surface area (Å²) in [6, 6.07) is 7.44. The third-order valence-corrected chi connectivity index (χ3v) is 3.13. The Balaban J connectivity index is 2.24. The topological polar surface area (TPSA) is 58.1 Å². The molecule has 0 saturated carbocycles. The number of aromatic nitrogens is 2. The van der Waals surface area contributed by atoms with Crippen LogP contribution in [0.1, 0.15) is 15.4 Å². The molecule has 0 aliphatic heterocycles. The van der Waals surface area contributed by atoms with Crippen molar-refractivity contribution in [2.24, 2.45) is 0 Å². The molecule has 0 spiro atoms. The predicted octanol–water partition coefficient (Wildman–Crippen LogP) is 2.16. The number of amides is 1. The van der Waals surface area contributed by atoms with Crippen LogP contribution < -0.4 is 10.2 Å². The zero-order valence-corrected chi connectivity index (χ0v) is 11.3. The molecule has 2 aromatic rings. The molecule has 0 fully saturated rings. The van der Waals surface area contributed by atoms with Gasteiger partial charge in [-0.15, -0.1) is 10.2 Å². The summed E-state index contributed by atoms with van der Waals surface area (Å²) in [6.45, 7) is 1.85. The Labute approximate surface area is 109 Å². The number of aryl methyl sites for hydroxylation is 1. The zero-order chi connectivity index (χ0) is 13.1. The van der Waals surface area contributed by atoms with Gasteiger partial charge in [-0.25, -0.2) is 0 Å². The normalized spacial score (nSPS) is 10.2. The van der Waals surface area contributed by atoms with Gasteiger partial charge in [-0.2, -0.15) is 0 Å². The first-order chi connectivity index (χ1) is 8.58. The van der Waals surface area contributed by atoms with Crippen LogP contribution in [0.15, 0.2) is 24.3 Å². The number of nitrogens with one attached hydrogen (secondary N) is 1. The Morgan fingerprint density at radius 1 is 1.28 bits per heavy atom. The van der Waals surface area contributed by atoms with E-state index in [1.807, 2.05) is 44.1 Å². The Hall–Kier alpha value is -1.95. The van der Waals surface area contributed by atoms with Gasteiger partial charge in [-0.05, 0) is 19.1 Å². The lowest BCUT2D eigenvalue weighted by atomic mass is 10.1. The molecule has 1 N–H and O–H groups in total. The van der Waals surface area contributed by atoms with Gasteiger partial charge in [0.25, 0.3) is 5.91 Å². The number of rotatable bonds is 3. The first-order valence-corrected chi connectivity index (χ1v) is 6.27. The second-order valence-corrected chi connectivity index (χ2v) is 5.17. The molecule has 0 bridgehead atoms. The zero-order valence-electron chi connectivity index (χ0n) is 10.5. The van der Waals surface area contributed by atoms with Crippen LogP contribution in [0.4, 0.5) is 10.8 Å². The van der Waals surface area contributed by atoms with E-state index in [9.17, 15) is 4.79 Å². The number of nitrogens with zero attached hydrogens (tertiary/aromatic N) is 3. The number of hydrogen-bond acceptors (Lipinski definition) is 5. The monoisotopic (exact) mass is 262 g/mol. The number of hydrogen-bond donors (Lipinski definition) is 1. The molecule has 1 amide bonds. The second-order valence-electron chi connectivity index (χ2n) is 3.99. The molecule has 1 aromatic carbocycles. The molecule has 18 heavy (non-hydrogen) atoms. The van der Waals surface area contributed by atoms with E-state index in [4.69, 9.17) is 0 Å². The second kappa shape index (κ2) is 5.14. The van der Waals surface area contributed by atoms with Gasteiger partial charge in [-0.3, -0.25) is 10.1 Å². The maximum absolute atomic E-state index is 12.1. The number of para-hydroxylation sites is 1. The number of benzene rings is 1. The van der Waals surface area contributed by atoms with E-state index in [-0.39, 0.29) is 5.91 Å². The molecule has 0 aliphatic carbocycles. The van der Waals surface area contributed by atoms with E-state index in [0.29, 0.717) is 10.7 Å². The summed E-state index contributed by atoms with van der Waals surface area (Å²) in [6.07, 6.45) is 0. The van der Waals surface area contributed by atoms with E-state index >= 15 is 0 Å². The van der Waals surface area contributed by atoms with Gasteiger partial charge in [0.15, 0.2) is 0 Å². The highest BCUT2D eigenvalue weighted by Crippen LogP contribution is 2.20. The smallest absolute Gasteiger partial charge is 0.259 e. The predicted molar refractivity (Wildman–Crippen MR) is 73.4 cm³/mol. The molecule has 0 saturated heterocycles. The maximum Gasteiger partial charge on any atom is 0.259 e. The lowest BCUT2D eigenvalue weighted by Gasteiger charge is -2.16. The minimum absolute atomic E-state index is 0.171. The molecule has 1 heterocycles. The highest BCUT2D eigenvalue weighted by molar-refractivity contribution is 7.15. The molecule has 2 rings (SSSR count). The van der Waals surface area contributed by atoms with Crippen LogP contribution in [-0.4, -0.2) is 30.2 Å². The number of carbonyl (C=O) groups is 1. The van der Waals surface area contributed by atoms with E-state index in [1.165, 1.54) is 11.3 Å². The summed E-state index contributed by atoms with van der Waals surface area (Å²) in [5.41, 5.74) is 1.49. The summed E-state index contributed by atoms with van der Waals surface area (Å²) in [4.78, 5) is 14.1. The Bertz CT molecular complexity index is 565. The van der Waals surface area contributed by atoms with Crippen LogP contribution >= 0.6 is 11.3 Å². The van der Waals surface area contributed by atoms with E-state index in [0.717, 1.165) is 10.7 Å². The average Bonchev–Trinajstić information content (AvgIpc) is 2.74. The lowest BCUT2D eigenvalue weighted by molar-refractivity contribution is 0.102. The van der Waals surface area contributed by atoms with Gasteiger partial charge in [0.1, 0.15) is 5.01 Å². The van der Waals surface area contributed by atoms with Gasteiger partial charge in [0, 0.05) is 19.8 Å². The van der Waals surface area contributed by atoms with E-state index in [2.05, 4.69) is 15.5 Å². The van der Waals surface area contributed by atoms with Gasteiger partial charge < -0.3 is 4.90 Å². The summed E-state index contributed by atoms with van der Waals surface area (Å²) in [5, 5.41) is 11.8. The van der Waals surface area contributed by atoms with E-state index in [1.54, 1.807) is 6.07 Å². The molecule has 1 aromatic heterocycles. The average molecular weight is 262 g/mol. The van der Waals surface area contributed by atoms with Crippen LogP contribution in [0.3, 0.4) is 0 Å². The number of anilines is 2. The third kappa shape index (κ3) is 2.65. The van der Waals surface area contributed by atoms with Crippen molar-refractivity contribution in [2.75, 3.05) is 24.3 Å². The van der Waals surface area contributed by atoms with Crippen molar-refractivity contribution in [1.82, 2.24) is 10.2 Å². The lowest BCUT2D eigenvalue weighted by Crippen LogP contribution is -2.18. The van der Waals surface area contributed by atoms with Crippen LogP contribution in [-0.2, 0) is 0 Å². The molecular weight excluding hydrogens is 248 g/mol. The molecule has 0 aliphatic rings. The maximum atomic E-state index is 12.1. The largest absolute Gasteiger partial charge is 0.377 e. The minimum Gasteiger partial charge on any atom is -0.377 e. The molecule has 94 valence electrons. The highest BCUT2D eigenvalue weighted by Gasteiger charge is 2.13. The Morgan fingerprint density at radius 3 is 2.61 bits per heavy atom. The summed E-state index contributed by atoms with van der Waals surface area (Å²) >= 11 is 1.36.